The fraction of sp³-hybridized carbons (Fsp3) is 0.524. The summed E-state index contributed by atoms with van der Waals surface area (Å²) in [6.07, 6.45) is 9.25. The van der Waals surface area contributed by atoms with Crippen molar-refractivity contribution in [3.63, 3.8) is 0 Å². The van der Waals surface area contributed by atoms with Crippen molar-refractivity contribution in [2.75, 3.05) is 19.6 Å². The van der Waals surface area contributed by atoms with E-state index < -0.39 is 0 Å². The summed E-state index contributed by atoms with van der Waals surface area (Å²) in [5.74, 6) is 0.428. The molecule has 0 radical (unpaired) electrons. The lowest BCUT2D eigenvalue weighted by Gasteiger charge is -2.37. The van der Waals surface area contributed by atoms with Crippen LogP contribution in [0.1, 0.15) is 49.7 Å². The van der Waals surface area contributed by atoms with E-state index in [0.29, 0.717) is 19.4 Å². The molecule has 0 saturated carbocycles. The van der Waals surface area contributed by atoms with E-state index in [2.05, 4.69) is 31.2 Å². The lowest BCUT2D eigenvalue weighted by atomic mass is 10.0. The molecular weight excluding hydrogens is 312 g/mol. The summed E-state index contributed by atoms with van der Waals surface area (Å²) in [5, 5.41) is 0. The molecule has 134 valence electrons. The number of hydrogen-bond donors (Lipinski definition) is 0. The number of nitrogens with zero attached hydrogens (tertiary/aromatic N) is 2. The summed E-state index contributed by atoms with van der Waals surface area (Å²) in [4.78, 5) is 28.5. The molecule has 4 heteroatoms. The van der Waals surface area contributed by atoms with Crippen molar-refractivity contribution in [2.24, 2.45) is 0 Å². The number of carbonyl (C=O) groups is 2. The van der Waals surface area contributed by atoms with E-state index in [-0.39, 0.29) is 17.9 Å². The highest BCUT2D eigenvalue weighted by Gasteiger charge is 2.30. The molecule has 2 aliphatic heterocycles. The zero-order valence-corrected chi connectivity index (χ0v) is 15.1. The Bertz CT molecular complexity index is 636. The Hall–Kier alpha value is -2.10. The van der Waals surface area contributed by atoms with Gasteiger partial charge in [0, 0.05) is 38.5 Å². The van der Waals surface area contributed by atoms with Crippen molar-refractivity contribution < 1.29 is 9.59 Å². The van der Waals surface area contributed by atoms with Crippen LogP contribution in [0.2, 0.25) is 0 Å². The van der Waals surface area contributed by atoms with Gasteiger partial charge in [-0.1, -0.05) is 42.0 Å². The molecule has 2 amide bonds. The van der Waals surface area contributed by atoms with Gasteiger partial charge in [-0.15, -0.1) is 0 Å². The van der Waals surface area contributed by atoms with E-state index in [1.165, 1.54) is 5.56 Å². The number of piperidine rings is 1. The second-order valence-corrected chi connectivity index (χ2v) is 7.20. The SMILES string of the molecule is Cc1ccc(C=CCC(=O)N2CCCCC2CN2CCCC2=O)cc1. The number of likely N-dealkylation sites (tertiary alicyclic amines) is 2. The maximum absolute atomic E-state index is 12.7. The molecule has 0 bridgehead atoms. The maximum Gasteiger partial charge on any atom is 0.226 e. The Morgan fingerprint density at radius 1 is 1.16 bits per heavy atom. The standard InChI is InChI=1S/C21H28N2O2/c1-17-10-12-18(13-11-17)6-4-8-21(25)23-15-3-2-7-19(23)16-22-14-5-9-20(22)24/h4,6,10-13,19H,2-3,5,7-9,14-16H2,1H3. The van der Waals surface area contributed by atoms with Crippen LogP contribution < -0.4 is 0 Å². The molecule has 1 aromatic carbocycles. The van der Waals surface area contributed by atoms with Crippen molar-refractivity contribution in [3.8, 4) is 0 Å². The van der Waals surface area contributed by atoms with Crippen molar-refractivity contribution in [3.05, 3.63) is 41.5 Å². The van der Waals surface area contributed by atoms with Crippen LogP contribution in [-0.4, -0.2) is 47.3 Å². The Morgan fingerprint density at radius 2 is 1.96 bits per heavy atom. The molecule has 1 unspecified atom stereocenters. The highest BCUT2D eigenvalue weighted by atomic mass is 16.2. The Balaban J connectivity index is 1.56. The summed E-state index contributed by atoms with van der Waals surface area (Å²) in [5.41, 5.74) is 2.36. The van der Waals surface area contributed by atoms with E-state index in [1.54, 1.807) is 0 Å². The van der Waals surface area contributed by atoms with Crippen LogP contribution in [0.25, 0.3) is 6.08 Å². The molecule has 1 aromatic rings. The summed E-state index contributed by atoms with van der Waals surface area (Å²) in [7, 11) is 0. The first-order valence-corrected chi connectivity index (χ1v) is 9.44. The number of rotatable bonds is 5. The number of amides is 2. The van der Waals surface area contributed by atoms with E-state index in [1.807, 2.05) is 22.0 Å². The summed E-state index contributed by atoms with van der Waals surface area (Å²) in [6, 6.07) is 8.48. The van der Waals surface area contributed by atoms with Crippen LogP contribution in [0.15, 0.2) is 30.3 Å². The third-order valence-electron chi connectivity index (χ3n) is 5.23. The monoisotopic (exact) mass is 340 g/mol. The second-order valence-electron chi connectivity index (χ2n) is 7.20. The average Bonchev–Trinajstić information content (AvgIpc) is 3.02. The van der Waals surface area contributed by atoms with Gasteiger partial charge in [-0.2, -0.15) is 0 Å². The topological polar surface area (TPSA) is 40.6 Å². The molecule has 1 atom stereocenters. The highest BCUT2D eigenvalue weighted by molar-refractivity contribution is 5.80. The van der Waals surface area contributed by atoms with Gasteiger partial charge in [-0.05, 0) is 38.2 Å². The first-order chi connectivity index (χ1) is 12.1. The largest absolute Gasteiger partial charge is 0.341 e. The third-order valence-corrected chi connectivity index (χ3v) is 5.23. The van der Waals surface area contributed by atoms with Gasteiger partial charge in [0.15, 0.2) is 0 Å². The van der Waals surface area contributed by atoms with Gasteiger partial charge in [0.2, 0.25) is 11.8 Å². The van der Waals surface area contributed by atoms with Gasteiger partial charge in [-0.3, -0.25) is 9.59 Å². The second kappa shape index (κ2) is 8.32. The predicted molar refractivity (Wildman–Crippen MR) is 100.0 cm³/mol. The molecule has 2 heterocycles. The molecular formula is C21H28N2O2. The number of hydrogen-bond acceptors (Lipinski definition) is 2. The van der Waals surface area contributed by atoms with Gasteiger partial charge in [0.05, 0.1) is 0 Å². The molecule has 0 aromatic heterocycles. The van der Waals surface area contributed by atoms with Crippen molar-refractivity contribution in [2.45, 2.75) is 51.5 Å². The van der Waals surface area contributed by atoms with Crippen molar-refractivity contribution in [1.29, 1.82) is 0 Å². The lowest BCUT2D eigenvalue weighted by Crippen LogP contribution is -2.49. The molecule has 2 saturated heterocycles. The van der Waals surface area contributed by atoms with Crippen LogP contribution >= 0.6 is 0 Å². The quantitative estimate of drug-likeness (QED) is 0.824. The average molecular weight is 340 g/mol. The Morgan fingerprint density at radius 3 is 2.68 bits per heavy atom. The van der Waals surface area contributed by atoms with Crippen LogP contribution in [-0.2, 0) is 9.59 Å². The third kappa shape index (κ3) is 4.71. The summed E-state index contributed by atoms with van der Waals surface area (Å²) < 4.78 is 0. The Kier molecular flexibility index (Phi) is 5.90. The van der Waals surface area contributed by atoms with E-state index in [4.69, 9.17) is 0 Å². The molecule has 2 aliphatic rings. The van der Waals surface area contributed by atoms with E-state index >= 15 is 0 Å². The highest BCUT2D eigenvalue weighted by Crippen LogP contribution is 2.21. The minimum Gasteiger partial charge on any atom is -0.341 e. The van der Waals surface area contributed by atoms with Gasteiger partial charge in [0.25, 0.3) is 0 Å². The summed E-state index contributed by atoms with van der Waals surface area (Å²) in [6.45, 7) is 4.46. The van der Waals surface area contributed by atoms with E-state index in [9.17, 15) is 9.59 Å². The fourth-order valence-corrected chi connectivity index (χ4v) is 3.76. The Labute approximate surface area is 150 Å². The fourth-order valence-electron chi connectivity index (χ4n) is 3.76. The molecule has 25 heavy (non-hydrogen) atoms. The number of benzene rings is 1. The minimum absolute atomic E-state index is 0.180. The molecule has 4 nitrogen and oxygen atoms in total. The zero-order chi connectivity index (χ0) is 17.6. The molecule has 0 spiro atoms. The number of carbonyl (C=O) groups excluding carboxylic acids is 2. The molecule has 3 rings (SSSR count). The van der Waals surface area contributed by atoms with Crippen LogP contribution in [0.3, 0.4) is 0 Å². The minimum atomic E-state index is 0.180. The first kappa shape index (κ1) is 17.7. The van der Waals surface area contributed by atoms with Gasteiger partial charge >= 0.3 is 0 Å². The van der Waals surface area contributed by atoms with Gasteiger partial charge < -0.3 is 9.80 Å². The maximum atomic E-state index is 12.7. The zero-order valence-electron chi connectivity index (χ0n) is 15.1. The van der Waals surface area contributed by atoms with Crippen LogP contribution in [0.4, 0.5) is 0 Å². The van der Waals surface area contributed by atoms with Gasteiger partial charge in [0.1, 0.15) is 0 Å². The first-order valence-electron chi connectivity index (χ1n) is 9.44. The van der Waals surface area contributed by atoms with Crippen LogP contribution in [0, 0.1) is 6.92 Å². The smallest absolute Gasteiger partial charge is 0.226 e. The van der Waals surface area contributed by atoms with Gasteiger partial charge in [-0.25, -0.2) is 0 Å². The molecule has 0 aliphatic carbocycles. The van der Waals surface area contributed by atoms with Crippen molar-refractivity contribution >= 4 is 17.9 Å². The molecule has 2 fully saturated rings. The van der Waals surface area contributed by atoms with Crippen molar-refractivity contribution in [1.82, 2.24) is 9.80 Å². The summed E-state index contributed by atoms with van der Waals surface area (Å²) >= 11 is 0. The van der Waals surface area contributed by atoms with Crippen LogP contribution in [0.5, 0.6) is 0 Å². The lowest BCUT2D eigenvalue weighted by molar-refractivity contribution is -0.137. The normalized spacial score (nSPS) is 21.3. The molecule has 0 N–H and O–H groups in total. The number of aryl methyl sites for hydroxylation is 1. The van der Waals surface area contributed by atoms with E-state index in [0.717, 1.165) is 44.3 Å². The predicted octanol–water partition coefficient (Wildman–Crippen LogP) is 3.40.